The number of nitrogens with one attached hydrogen (secondary N) is 1. The van der Waals surface area contributed by atoms with E-state index < -0.39 is 15.6 Å². The molecule has 0 bridgehead atoms. The van der Waals surface area contributed by atoms with Crippen LogP contribution in [-0.4, -0.2) is 30.1 Å². The Hall–Kier alpha value is -0.630. The van der Waals surface area contributed by atoms with Gasteiger partial charge in [-0.25, -0.2) is 18.1 Å². The van der Waals surface area contributed by atoms with Crippen molar-refractivity contribution in [3.8, 4) is 0 Å². The summed E-state index contributed by atoms with van der Waals surface area (Å²) in [6.45, 7) is 4.91. The second kappa shape index (κ2) is 6.43. The van der Waals surface area contributed by atoms with Crippen LogP contribution >= 0.6 is 12.4 Å². The molecule has 2 rings (SSSR count). The summed E-state index contributed by atoms with van der Waals surface area (Å²) < 4.78 is 29.0. The van der Waals surface area contributed by atoms with Crippen molar-refractivity contribution >= 4 is 22.4 Å². The normalized spacial score (nSPS) is 14.9. The van der Waals surface area contributed by atoms with E-state index in [1.807, 2.05) is 13.8 Å². The number of rotatable bonds is 6. The van der Waals surface area contributed by atoms with Crippen LogP contribution in [-0.2, 0) is 23.0 Å². The summed E-state index contributed by atoms with van der Waals surface area (Å²) in [5.74, 6) is 0.852. The molecule has 0 aliphatic carbocycles. The monoisotopic (exact) mass is 322 g/mol. The van der Waals surface area contributed by atoms with E-state index in [0.717, 1.165) is 38.1 Å². The lowest BCUT2D eigenvalue weighted by atomic mass is 9.95. The second-order valence-electron chi connectivity index (χ2n) is 5.16. The lowest BCUT2D eigenvalue weighted by molar-refractivity contribution is 0.391. The van der Waals surface area contributed by atoms with E-state index in [4.69, 9.17) is 5.73 Å². The second-order valence-corrected chi connectivity index (χ2v) is 6.88. The molecule has 0 unspecified atom stereocenters. The number of halogens is 1. The number of sulfonamides is 1. The molecule has 1 aliphatic rings. The molecule has 0 saturated carbocycles. The molecular weight excluding hydrogens is 300 g/mol. The molecule has 6 nitrogen and oxygen atoms in total. The van der Waals surface area contributed by atoms with E-state index >= 15 is 0 Å². The number of nitrogens with two attached hydrogens (primary N) is 1. The van der Waals surface area contributed by atoms with Crippen molar-refractivity contribution in [3.05, 3.63) is 12.0 Å². The molecule has 0 fully saturated rings. The van der Waals surface area contributed by atoms with Crippen molar-refractivity contribution in [3.63, 3.8) is 0 Å². The quantitative estimate of drug-likeness (QED) is 0.819. The minimum Gasteiger partial charge on any atom is -0.324 e. The van der Waals surface area contributed by atoms with E-state index in [1.54, 1.807) is 4.57 Å². The van der Waals surface area contributed by atoms with Crippen molar-refractivity contribution in [1.82, 2.24) is 14.3 Å². The predicted molar refractivity (Wildman–Crippen MR) is 80.5 cm³/mol. The Balaban J connectivity index is 0.00000200. The summed E-state index contributed by atoms with van der Waals surface area (Å²) in [5, 5.41) is 0.259. The number of imidazole rings is 1. The summed E-state index contributed by atoms with van der Waals surface area (Å²) in [6.07, 6.45) is 4.71. The number of aromatic nitrogens is 2. The first-order valence-corrected chi connectivity index (χ1v) is 8.23. The number of nitrogens with zero attached hydrogens (tertiary/aromatic N) is 2. The smallest absolute Gasteiger partial charge is 0.257 e. The molecule has 1 aromatic rings. The van der Waals surface area contributed by atoms with Gasteiger partial charge in [-0.3, -0.25) is 0 Å². The highest BCUT2D eigenvalue weighted by Crippen LogP contribution is 2.20. The fourth-order valence-electron chi connectivity index (χ4n) is 2.26. The van der Waals surface area contributed by atoms with Gasteiger partial charge < -0.3 is 10.3 Å². The molecule has 3 N–H and O–H groups in total. The van der Waals surface area contributed by atoms with Crippen molar-refractivity contribution < 1.29 is 8.42 Å². The molecule has 20 heavy (non-hydrogen) atoms. The molecule has 0 amide bonds. The van der Waals surface area contributed by atoms with Gasteiger partial charge in [0.2, 0.25) is 0 Å². The van der Waals surface area contributed by atoms with Crippen LogP contribution < -0.4 is 10.5 Å². The molecule has 0 saturated heterocycles. The van der Waals surface area contributed by atoms with Crippen LogP contribution in [0, 0.1) is 0 Å². The van der Waals surface area contributed by atoms with Gasteiger partial charge in [-0.05, 0) is 19.3 Å². The summed E-state index contributed by atoms with van der Waals surface area (Å²) in [7, 11) is -3.53. The van der Waals surface area contributed by atoms with Crippen molar-refractivity contribution in [2.45, 2.75) is 56.6 Å². The Bertz CT molecular complexity index is 552. The van der Waals surface area contributed by atoms with E-state index in [0.29, 0.717) is 0 Å². The van der Waals surface area contributed by atoms with Crippen LogP contribution in [0.2, 0.25) is 0 Å². The fourth-order valence-corrected chi connectivity index (χ4v) is 3.56. The third-order valence-corrected chi connectivity index (χ3v) is 5.38. The highest BCUT2D eigenvalue weighted by Gasteiger charge is 2.28. The van der Waals surface area contributed by atoms with Gasteiger partial charge in [0.15, 0.2) is 5.03 Å². The third-order valence-electron chi connectivity index (χ3n) is 3.98. The summed E-state index contributed by atoms with van der Waals surface area (Å²) >= 11 is 0. The molecule has 1 aliphatic heterocycles. The molecule has 1 aromatic heterocycles. The molecule has 0 aromatic carbocycles. The van der Waals surface area contributed by atoms with Gasteiger partial charge in [0, 0.05) is 25.0 Å². The Morgan fingerprint density at radius 2 is 2.10 bits per heavy atom. The van der Waals surface area contributed by atoms with Crippen molar-refractivity contribution in [2.75, 3.05) is 6.54 Å². The van der Waals surface area contributed by atoms with E-state index in [2.05, 4.69) is 9.71 Å². The van der Waals surface area contributed by atoms with E-state index in [-0.39, 0.29) is 24.0 Å². The van der Waals surface area contributed by atoms with Gasteiger partial charge in [-0.1, -0.05) is 13.8 Å². The maximum atomic E-state index is 12.3. The average Bonchev–Trinajstić information content (AvgIpc) is 2.98. The van der Waals surface area contributed by atoms with Gasteiger partial charge in [0.25, 0.3) is 10.0 Å². The van der Waals surface area contributed by atoms with Crippen molar-refractivity contribution in [2.24, 2.45) is 5.73 Å². The van der Waals surface area contributed by atoms with E-state index in [1.165, 1.54) is 6.20 Å². The van der Waals surface area contributed by atoms with Gasteiger partial charge in [0.1, 0.15) is 5.82 Å². The third kappa shape index (κ3) is 3.33. The Morgan fingerprint density at radius 1 is 1.45 bits per heavy atom. The topological polar surface area (TPSA) is 90.0 Å². The van der Waals surface area contributed by atoms with Crippen molar-refractivity contribution in [1.29, 1.82) is 0 Å². The SMILES string of the molecule is CCC(N)(CC)CNS(=O)(=O)c1cnc2n1CCC2.Cl. The lowest BCUT2D eigenvalue weighted by Gasteiger charge is -2.26. The van der Waals surface area contributed by atoms with Gasteiger partial charge in [0.05, 0.1) is 6.20 Å². The first-order chi connectivity index (χ1) is 8.92. The van der Waals surface area contributed by atoms with E-state index in [9.17, 15) is 8.42 Å². The highest BCUT2D eigenvalue weighted by molar-refractivity contribution is 7.89. The molecular formula is C12H23ClN4O2S. The van der Waals surface area contributed by atoms with Gasteiger partial charge in [-0.15, -0.1) is 12.4 Å². The summed E-state index contributed by atoms with van der Waals surface area (Å²) in [5.41, 5.74) is 5.64. The fraction of sp³-hybridized carbons (Fsp3) is 0.750. The largest absolute Gasteiger partial charge is 0.324 e. The molecule has 116 valence electrons. The summed E-state index contributed by atoms with van der Waals surface area (Å²) in [6, 6.07) is 0. The van der Waals surface area contributed by atoms with Crippen LogP contribution in [0.3, 0.4) is 0 Å². The summed E-state index contributed by atoms with van der Waals surface area (Å²) in [4.78, 5) is 4.16. The van der Waals surface area contributed by atoms with Crippen LogP contribution in [0.15, 0.2) is 11.2 Å². The minimum absolute atomic E-state index is 0. The minimum atomic E-state index is -3.53. The Labute approximate surface area is 126 Å². The predicted octanol–water partition coefficient (Wildman–Crippen LogP) is 1.05. The maximum absolute atomic E-state index is 12.3. The van der Waals surface area contributed by atoms with Crippen LogP contribution in [0.5, 0.6) is 0 Å². The van der Waals surface area contributed by atoms with Crippen LogP contribution in [0.1, 0.15) is 38.9 Å². The van der Waals surface area contributed by atoms with Gasteiger partial charge >= 0.3 is 0 Å². The Kier molecular flexibility index (Phi) is 5.60. The molecule has 2 heterocycles. The molecule has 0 radical (unpaired) electrons. The van der Waals surface area contributed by atoms with Crippen LogP contribution in [0.25, 0.3) is 0 Å². The first-order valence-electron chi connectivity index (χ1n) is 6.75. The average molecular weight is 323 g/mol. The number of fused-ring (bicyclic) bond motifs is 1. The molecule has 8 heteroatoms. The number of hydrogen-bond donors (Lipinski definition) is 2. The standard InChI is InChI=1S/C12H22N4O2S.ClH/c1-3-12(13,4-2)9-15-19(17,18)11-8-14-10-6-5-7-16(10)11;/h8,15H,3-7,9,13H2,1-2H3;1H. The zero-order chi connectivity index (χ0) is 14.1. The molecule has 0 spiro atoms. The maximum Gasteiger partial charge on any atom is 0.257 e. The zero-order valence-corrected chi connectivity index (χ0v) is 13.6. The first kappa shape index (κ1) is 17.4. The number of aryl methyl sites for hydroxylation is 1. The molecule has 0 atom stereocenters. The van der Waals surface area contributed by atoms with Gasteiger partial charge in [-0.2, -0.15) is 0 Å². The number of hydrogen-bond acceptors (Lipinski definition) is 4. The highest BCUT2D eigenvalue weighted by atomic mass is 35.5. The van der Waals surface area contributed by atoms with Crippen LogP contribution in [0.4, 0.5) is 0 Å². The zero-order valence-electron chi connectivity index (χ0n) is 11.9. The lowest BCUT2D eigenvalue weighted by Crippen LogP contribution is -2.49. The Morgan fingerprint density at radius 3 is 2.70 bits per heavy atom.